The first kappa shape index (κ1) is 10.4. The summed E-state index contributed by atoms with van der Waals surface area (Å²) in [6, 6.07) is -0.330. The molecule has 0 aliphatic carbocycles. The molecule has 0 rings (SSSR count). The Balaban J connectivity index is 3.31. The molecule has 0 saturated heterocycles. The summed E-state index contributed by atoms with van der Waals surface area (Å²) in [5.74, 6) is -0.435. The van der Waals surface area contributed by atoms with Crippen LogP contribution in [0.2, 0.25) is 0 Å². The molecule has 66 valence electrons. The topological polar surface area (TPSA) is 95.1 Å². The average molecular weight is 159 g/mol. The van der Waals surface area contributed by atoms with E-state index in [9.17, 15) is 4.79 Å². The van der Waals surface area contributed by atoms with Crippen LogP contribution in [0.4, 0.5) is 0 Å². The molecule has 0 aliphatic heterocycles. The molecule has 4 heteroatoms. The molecule has 0 heterocycles. The number of carbonyl (C=O) groups is 1. The molecular weight excluding hydrogens is 142 g/mol. The summed E-state index contributed by atoms with van der Waals surface area (Å²) < 4.78 is 0. The van der Waals surface area contributed by atoms with Gasteiger partial charge in [-0.05, 0) is 26.2 Å². The van der Waals surface area contributed by atoms with Crippen molar-refractivity contribution in [1.82, 2.24) is 0 Å². The van der Waals surface area contributed by atoms with Crippen molar-refractivity contribution in [3.63, 3.8) is 0 Å². The fourth-order valence-corrected chi connectivity index (χ4v) is 0.802. The van der Waals surface area contributed by atoms with Crippen molar-refractivity contribution in [3.8, 4) is 0 Å². The number of primary amides is 1. The predicted molar refractivity (Wildman–Crippen MR) is 44.7 cm³/mol. The maximum atomic E-state index is 10.4. The van der Waals surface area contributed by atoms with Crippen molar-refractivity contribution in [3.05, 3.63) is 0 Å². The molecule has 0 aliphatic rings. The van der Waals surface area contributed by atoms with Crippen molar-refractivity contribution in [2.24, 2.45) is 17.2 Å². The van der Waals surface area contributed by atoms with Crippen LogP contribution >= 0.6 is 0 Å². The number of carbonyl (C=O) groups excluding carboxylic acids is 1. The van der Waals surface area contributed by atoms with Crippen molar-refractivity contribution >= 4 is 5.91 Å². The molecule has 0 radical (unpaired) electrons. The molecule has 0 saturated carbocycles. The van der Waals surface area contributed by atoms with Crippen LogP contribution in [0, 0.1) is 0 Å². The molecule has 11 heavy (non-hydrogen) atoms. The lowest BCUT2D eigenvalue weighted by molar-refractivity contribution is -0.119. The zero-order valence-corrected chi connectivity index (χ0v) is 6.92. The number of rotatable bonds is 5. The van der Waals surface area contributed by atoms with E-state index >= 15 is 0 Å². The summed E-state index contributed by atoms with van der Waals surface area (Å²) in [7, 11) is 0. The first-order valence-corrected chi connectivity index (χ1v) is 3.84. The molecule has 0 aromatic rings. The van der Waals surface area contributed by atoms with Crippen LogP contribution in [-0.4, -0.2) is 18.0 Å². The lowest BCUT2D eigenvalue weighted by atomic mass is 10.1. The Morgan fingerprint density at radius 2 is 1.91 bits per heavy atom. The fourth-order valence-electron chi connectivity index (χ4n) is 0.802. The summed E-state index contributed by atoms with van der Waals surface area (Å²) in [6.07, 6.45) is 2.39. The predicted octanol–water partition coefficient (Wildman–Crippen LogP) is -0.683. The molecular formula is C7H17N3O. The molecule has 0 aromatic heterocycles. The van der Waals surface area contributed by atoms with Crippen LogP contribution in [-0.2, 0) is 4.79 Å². The highest BCUT2D eigenvalue weighted by molar-refractivity contribution is 5.79. The smallest absolute Gasteiger partial charge is 0.234 e. The van der Waals surface area contributed by atoms with Crippen molar-refractivity contribution in [2.45, 2.75) is 38.3 Å². The molecule has 0 fully saturated rings. The lowest BCUT2D eigenvalue weighted by Crippen LogP contribution is -2.36. The first-order valence-electron chi connectivity index (χ1n) is 3.84. The van der Waals surface area contributed by atoms with E-state index in [1.54, 1.807) is 0 Å². The molecule has 1 amide bonds. The summed E-state index contributed by atoms with van der Waals surface area (Å²) in [5, 5.41) is 0. The summed E-state index contributed by atoms with van der Waals surface area (Å²) in [4.78, 5) is 10.4. The fraction of sp³-hybridized carbons (Fsp3) is 0.857. The van der Waals surface area contributed by atoms with Crippen molar-refractivity contribution in [2.75, 3.05) is 0 Å². The van der Waals surface area contributed by atoms with Gasteiger partial charge in [0.15, 0.2) is 0 Å². The van der Waals surface area contributed by atoms with Gasteiger partial charge in [0, 0.05) is 6.04 Å². The van der Waals surface area contributed by atoms with Gasteiger partial charge in [0.25, 0.3) is 0 Å². The Morgan fingerprint density at radius 3 is 2.27 bits per heavy atom. The third-order valence-corrected chi connectivity index (χ3v) is 1.54. The summed E-state index contributed by atoms with van der Waals surface area (Å²) >= 11 is 0. The normalized spacial score (nSPS) is 15.9. The van der Waals surface area contributed by atoms with Gasteiger partial charge < -0.3 is 17.2 Å². The number of amides is 1. The Kier molecular flexibility index (Phi) is 4.81. The maximum absolute atomic E-state index is 10.4. The summed E-state index contributed by atoms with van der Waals surface area (Å²) in [5.41, 5.74) is 15.8. The number of nitrogens with two attached hydrogens (primary N) is 3. The van der Waals surface area contributed by atoms with E-state index in [2.05, 4.69) is 0 Å². The van der Waals surface area contributed by atoms with Crippen LogP contribution in [0.15, 0.2) is 0 Å². The van der Waals surface area contributed by atoms with Gasteiger partial charge >= 0.3 is 0 Å². The van der Waals surface area contributed by atoms with E-state index in [-0.39, 0.29) is 6.04 Å². The minimum absolute atomic E-state index is 0.176. The van der Waals surface area contributed by atoms with Gasteiger partial charge in [0.2, 0.25) is 5.91 Å². The molecule has 0 bridgehead atoms. The van der Waals surface area contributed by atoms with Gasteiger partial charge in [-0.15, -0.1) is 0 Å². The van der Waals surface area contributed by atoms with E-state index in [1.807, 2.05) is 6.92 Å². The minimum Gasteiger partial charge on any atom is -0.368 e. The number of hydrogen-bond donors (Lipinski definition) is 3. The quantitative estimate of drug-likeness (QED) is 0.495. The third-order valence-electron chi connectivity index (χ3n) is 1.54. The van der Waals surface area contributed by atoms with E-state index in [1.165, 1.54) is 0 Å². The van der Waals surface area contributed by atoms with Gasteiger partial charge in [0.05, 0.1) is 6.04 Å². The van der Waals surface area contributed by atoms with E-state index in [0.29, 0.717) is 6.42 Å². The molecule has 0 aromatic carbocycles. The zero-order valence-electron chi connectivity index (χ0n) is 6.92. The van der Waals surface area contributed by atoms with Gasteiger partial charge in [-0.1, -0.05) is 0 Å². The van der Waals surface area contributed by atoms with Crippen LogP contribution in [0.1, 0.15) is 26.2 Å². The molecule has 1 unspecified atom stereocenters. The molecule has 6 N–H and O–H groups in total. The second-order valence-electron chi connectivity index (χ2n) is 2.92. The van der Waals surface area contributed by atoms with E-state index in [0.717, 1.165) is 12.8 Å². The Morgan fingerprint density at radius 1 is 1.36 bits per heavy atom. The first-order chi connectivity index (χ1) is 5.04. The van der Waals surface area contributed by atoms with Gasteiger partial charge in [-0.3, -0.25) is 4.79 Å². The molecule has 0 spiro atoms. The second kappa shape index (κ2) is 5.09. The molecule has 4 nitrogen and oxygen atoms in total. The standard InChI is InChI=1S/C7H17N3O/c1-5(8)3-2-4-6(9)7(10)11/h5-6H,2-4,8-9H2,1H3,(H2,10,11)/t5?,6-/m1/s1. The van der Waals surface area contributed by atoms with Crippen LogP contribution in [0.3, 0.4) is 0 Å². The van der Waals surface area contributed by atoms with Crippen LogP contribution in [0.5, 0.6) is 0 Å². The zero-order chi connectivity index (χ0) is 8.85. The van der Waals surface area contributed by atoms with Crippen LogP contribution in [0.25, 0.3) is 0 Å². The van der Waals surface area contributed by atoms with E-state index in [4.69, 9.17) is 17.2 Å². The Labute approximate surface area is 67.1 Å². The highest BCUT2D eigenvalue weighted by Gasteiger charge is 2.08. The largest absolute Gasteiger partial charge is 0.368 e. The second-order valence-corrected chi connectivity index (χ2v) is 2.92. The van der Waals surface area contributed by atoms with Crippen molar-refractivity contribution in [1.29, 1.82) is 0 Å². The minimum atomic E-state index is -0.506. The SMILES string of the molecule is CC(N)CCC[C@@H](N)C(N)=O. The lowest BCUT2D eigenvalue weighted by Gasteiger charge is -2.07. The number of hydrogen-bond acceptors (Lipinski definition) is 3. The van der Waals surface area contributed by atoms with Crippen molar-refractivity contribution < 1.29 is 4.79 Å². The van der Waals surface area contributed by atoms with Gasteiger partial charge in [-0.2, -0.15) is 0 Å². The molecule has 2 atom stereocenters. The van der Waals surface area contributed by atoms with Gasteiger partial charge in [0.1, 0.15) is 0 Å². The Hall–Kier alpha value is -0.610. The van der Waals surface area contributed by atoms with Crippen LogP contribution < -0.4 is 17.2 Å². The Bertz CT molecular complexity index is 125. The average Bonchev–Trinajstić information content (AvgIpc) is 1.86. The third kappa shape index (κ3) is 5.82. The van der Waals surface area contributed by atoms with Gasteiger partial charge in [-0.25, -0.2) is 0 Å². The maximum Gasteiger partial charge on any atom is 0.234 e. The highest BCUT2D eigenvalue weighted by atomic mass is 16.1. The van der Waals surface area contributed by atoms with E-state index < -0.39 is 11.9 Å². The summed E-state index contributed by atoms with van der Waals surface area (Å²) in [6.45, 7) is 1.93. The monoisotopic (exact) mass is 159 g/mol. The highest BCUT2D eigenvalue weighted by Crippen LogP contribution is 2.00.